The van der Waals surface area contributed by atoms with Crippen LogP contribution in [0.2, 0.25) is 10.0 Å². The van der Waals surface area contributed by atoms with Gasteiger partial charge < -0.3 is 9.47 Å². The maximum Gasteiger partial charge on any atom is 0.309 e. The van der Waals surface area contributed by atoms with Gasteiger partial charge >= 0.3 is 5.97 Å². The summed E-state index contributed by atoms with van der Waals surface area (Å²) in [5.74, 6) is 1.01. The summed E-state index contributed by atoms with van der Waals surface area (Å²) in [6.07, 6.45) is 4.65. The molecule has 0 unspecified atom stereocenters. The molecular formula is C17H24Cl2O3. The second kappa shape index (κ2) is 10.7. The van der Waals surface area contributed by atoms with Crippen LogP contribution in [0.1, 0.15) is 46.0 Å². The summed E-state index contributed by atoms with van der Waals surface area (Å²) in [7, 11) is 0. The van der Waals surface area contributed by atoms with Crippen molar-refractivity contribution in [2.45, 2.75) is 46.0 Å². The molecule has 5 heteroatoms. The van der Waals surface area contributed by atoms with Crippen molar-refractivity contribution in [1.29, 1.82) is 0 Å². The van der Waals surface area contributed by atoms with Crippen molar-refractivity contribution >= 4 is 29.2 Å². The Morgan fingerprint density at radius 1 is 1.14 bits per heavy atom. The number of rotatable bonds is 10. The maximum absolute atomic E-state index is 11.6. The topological polar surface area (TPSA) is 35.5 Å². The van der Waals surface area contributed by atoms with Gasteiger partial charge in [0.2, 0.25) is 0 Å². The van der Waals surface area contributed by atoms with E-state index in [4.69, 9.17) is 32.7 Å². The molecule has 0 aliphatic heterocycles. The Morgan fingerprint density at radius 2 is 1.91 bits per heavy atom. The highest BCUT2D eigenvalue weighted by Crippen LogP contribution is 2.27. The van der Waals surface area contributed by atoms with E-state index >= 15 is 0 Å². The Balaban J connectivity index is 2.08. The number of carbonyl (C=O) groups is 1. The fourth-order valence-corrected chi connectivity index (χ4v) is 2.39. The first-order chi connectivity index (χ1) is 10.5. The summed E-state index contributed by atoms with van der Waals surface area (Å²) in [5.41, 5.74) is 0. The van der Waals surface area contributed by atoms with Crippen LogP contribution in [0.5, 0.6) is 5.75 Å². The summed E-state index contributed by atoms with van der Waals surface area (Å²) in [6, 6.07) is 4.98. The monoisotopic (exact) mass is 346 g/mol. The van der Waals surface area contributed by atoms with Gasteiger partial charge in [-0.05, 0) is 30.5 Å². The molecule has 0 heterocycles. The highest BCUT2D eigenvalue weighted by Gasteiger charge is 2.06. The predicted molar refractivity (Wildman–Crippen MR) is 90.8 cm³/mol. The Bertz CT molecular complexity index is 461. The first kappa shape index (κ1) is 19.1. The van der Waals surface area contributed by atoms with Crippen molar-refractivity contribution in [2.75, 3.05) is 13.2 Å². The highest BCUT2D eigenvalue weighted by molar-refractivity contribution is 6.35. The first-order valence-corrected chi connectivity index (χ1v) is 8.48. The van der Waals surface area contributed by atoms with Crippen molar-refractivity contribution in [3.8, 4) is 5.75 Å². The lowest BCUT2D eigenvalue weighted by Crippen LogP contribution is -2.11. The van der Waals surface area contributed by atoms with E-state index in [1.54, 1.807) is 18.2 Å². The van der Waals surface area contributed by atoms with E-state index in [9.17, 15) is 4.79 Å². The summed E-state index contributed by atoms with van der Waals surface area (Å²) < 4.78 is 10.6. The molecule has 0 aromatic heterocycles. The van der Waals surface area contributed by atoms with Crippen LogP contribution in [0.3, 0.4) is 0 Å². The van der Waals surface area contributed by atoms with Crippen LogP contribution in [0.4, 0.5) is 0 Å². The lowest BCUT2D eigenvalue weighted by atomic mass is 10.1. The molecule has 22 heavy (non-hydrogen) atoms. The number of hydrogen-bond acceptors (Lipinski definition) is 3. The van der Waals surface area contributed by atoms with Gasteiger partial charge in [0.25, 0.3) is 0 Å². The second-order valence-corrected chi connectivity index (χ2v) is 6.48. The molecule has 0 saturated carbocycles. The smallest absolute Gasteiger partial charge is 0.309 e. The number of esters is 1. The van der Waals surface area contributed by atoms with Crippen molar-refractivity contribution in [3.63, 3.8) is 0 Å². The van der Waals surface area contributed by atoms with Gasteiger partial charge in [-0.25, -0.2) is 0 Å². The highest BCUT2D eigenvalue weighted by atomic mass is 35.5. The number of halogens is 2. The van der Waals surface area contributed by atoms with E-state index in [1.165, 1.54) is 12.8 Å². The quantitative estimate of drug-likeness (QED) is 0.413. The molecule has 3 nitrogen and oxygen atoms in total. The normalized spacial score (nSPS) is 10.8. The van der Waals surface area contributed by atoms with Gasteiger partial charge in [0.1, 0.15) is 5.75 Å². The number of hydrogen-bond donors (Lipinski definition) is 0. The van der Waals surface area contributed by atoms with Gasteiger partial charge in [0.15, 0.2) is 0 Å². The van der Waals surface area contributed by atoms with E-state index in [0.29, 0.717) is 22.4 Å². The predicted octanol–water partition coefficient (Wildman–Crippen LogP) is 5.52. The van der Waals surface area contributed by atoms with Crippen molar-refractivity contribution in [3.05, 3.63) is 28.2 Å². The largest absolute Gasteiger partial charge is 0.491 e. The van der Waals surface area contributed by atoms with Gasteiger partial charge in [-0.3, -0.25) is 4.79 Å². The van der Waals surface area contributed by atoms with Crippen LogP contribution in [0.25, 0.3) is 0 Å². The minimum atomic E-state index is -0.242. The van der Waals surface area contributed by atoms with Gasteiger partial charge in [-0.2, -0.15) is 0 Å². The van der Waals surface area contributed by atoms with E-state index in [0.717, 1.165) is 18.8 Å². The van der Waals surface area contributed by atoms with Gasteiger partial charge in [-0.1, -0.05) is 56.3 Å². The zero-order chi connectivity index (χ0) is 16.4. The zero-order valence-corrected chi connectivity index (χ0v) is 14.8. The molecule has 0 fully saturated rings. The molecule has 1 rings (SSSR count). The lowest BCUT2D eigenvalue weighted by molar-refractivity contribution is -0.144. The van der Waals surface area contributed by atoms with Crippen molar-refractivity contribution < 1.29 is 14.3 Å². The van der Waals surface area contributed by atoms with Crippen LogP contribution in [-0.2, 0) is 9.53 Å². The molecule has 0 aliphatic rings. The molecule has 0 amide bonds. The van der Waals surface area contributed by atoms with Gasteiger partial charge in [0, 0.05) is 5.02 Å². The molecule has 124 valence electrons. The Kier molecular flexibility index (Phi) is 9.33. The van der Waals surface area contributed by atoms with Crippen LogP contribution < -0.4 is 4.74 Å². The molecule has 0 aliphatic carbocycles. The SMILES string of the molecule is CC(C)CCCCCOC(=O)CCOc1ccc(Cl)cc1Cl. The minimum Gasteiger partial charge on any atom is -0.491 e. The van der Waals surface area contributed by atoms with E-state index < -0.39 is 0 Å². The Hall–Kier alpha value is -0.930. The number of ether oxygens (including phenoxy) is 2. The molecule has 0 spiro atoms. The van der Waals surface area contributed by atoms with E-state index in [1.807, 2.05) is 0 Å². The minimum absolute atomic E-state index is 0.213. The average molecular weight is 347 g/mol. The standard InChI is InChI=1S/C17H24Cl2O3/c1-13(2)6-4-3-5-10-22-17(20)9-11-21-16-8-7-14(18)12-15(16)19/h7-8,12-13H,3-6,9-11H2,1-2H3. The summed E-state index contributed by atoms with van der Waals surface area (Å²) in [5, 5.41) is 0.986. The summed E-state index contributed by atoms with van der Waals surface area (Å²) in [4.78, 5) is 11.6. The maximum atomic E-state index is 11.6. The van der Waals surface area contributed by atoms with Crippen molar-refractivity contribution in [1.82, 2.24) is 0 Å². The van der Waals surface area contributed by atoms with E-state index in [2.05, 4.69) is 13.8 Å². The molecule has 0 N–H and O–H groups in total. The summed E-state index contributed by atoms with van der Waals surface area (Å²) in [6.45, 7) is 5.16. The molecule has 1 aromatic carbocycles. The van der Waals surface area contributed by atoms with Gasteiger partial charge in [0.05, 0.1) is 24.7 Å². The third-order valence-corrected chi connectivity index (χ3v) is 3.68. The van der Waals surface area contributed by atoms with Crippen molar-refractivity contribution in [2.24, 2.45) is 5.92 Å². The number of benzene rings is 1. The number of unbranched alkanes of at least 4 members (excludes halogenated alkanes) is 2. The van der Waals surface area contributed by atoms with Crippen LogP contribution in [0, 0.1) is 5.92 Å². The zero-order valence-electron chi connectivity index (χ0n) is 13.2. The first-order valence-electron chi connectivity index (χ1n) is 7.72. The van der Waals surface area contributed by atoms with Crippen LogP contribution in [-0.4, -0.2) is 19.2 Å². The number of carbonyl (C=O) groups excluding carboxylic acids is 1. The molecule has 0 radical (unpaired) electrons. The Morgan fingerprint density at radius 3 is 2.59 bits per heavy atom. The third kappa shape index (κ3) is 8.50. The average Bonchev–Trinajstić information content (AvgIpc) is 2.44. The molecule has 1 aromatic rings. The third-order valence-electron chi connectivity index (χ3n) is 3.15. The lowest BCUT2D eigenvalue weighted by Gasteiger charge is -2.09. The summed E-state index contributed by atoms with van der Waals surface area (Å²) >= 11 is 11.8. The van der Waals surface area contributed by atoms with Crippen LogP contribution >= 0.6 is 23.2 Å². The second-order valence-electron chi connectivity index (χ2n) is 5.64. The molecule has 0 atom stereocenters. The van der Waals surface area contributed by atoms with Crippen LogP contribution in [0.15, 0.2) is 18.2 Å². The fourth-order valence-electron chi connectivity index (χ4n) is 1.93. The fraction of sp³-hybridized carbons (Fsp3) is 0.588. The molecular weight excluding hydrogens is 323 g/mol. The van der Waals surface area contributed by atoms with Gasteiger partial charge in [-0.15, -0.1) is 0 Å². The molecule has 0 bridgehead atoms. The molecule has 0 saturated heterocycles. The Labute approximate surface area is 142 Å². The van der Waals surface area contributed by atoms with E-state index in [-0.39, 0.29) is 19.0 Å².